The van der Waals surface area contributed by atoms with E-state index in [1.807, 2.05) is 0 Å². The highest BCUT2D eigenvalue weighted by atomic mass is 35.5. The van der Waals surface area contributed by atoms with Crippen molar-refractivity contribution >= 4 is 41.6 Å². The van der Waals surface area contributed by atoms with Crippen LogP contribution in [-0.2, 0) is 9.53 Å². The Morgan fingerprint density at radius 1 is 1.37 bits per heavy atom. The lowest BCUT2D eigenvalue weighted by molar-refractivity contribution is -0.120. The Hall–Kier alpha value is -1.30. The largest absolute Gasteiger partial charge is 0.465 e. The number of carbonyl (C=O) groups excluding carboxylic acids is 2. The zero-order valence-corrected chi connectivity index (χ0v) is 12.4. The standard InChI is InChI=1S/C12H15ClN2O3.ClH/c1-12(2,14)11(17)15-7-4-5-8(9(13)6-7)10(16)18-3;/h4-6H,14H2,1-3H3,(H,15,17);1H. The minimum absolute atomic E-state index is 0. The second kappa shape index (κ2) is 6.75. The lowest BCUT2D eigenvalue weighted by Gasteiger charge is -2.18. The van der Waals surface area contributed by atoms with Crippen molar-refractivity contribution in [3.8, 4) is 0 Å². The fraction of sp³-hybridized carbons (Fsp3) is 0.333. The van der Waals surface area contributed by atoms with Crippen molar-refractivity contribution in [2.24, 2.45) is 5.73 Å². The van der Waals surface area contributed by atoms with Crippen LogP contribution in [0.3, 0.4) is 0 Å². The summed E-state index contributed by atoms with van der Waals surface area (Å²) in [7, 11) is 1.27. The third-order valence-electron chi connectivity index (χ3n) is 2.22. The molecule has 0 bridgehead atoms. The van der Waals surface area contributed by atoms with Crippen molar-refractivity contribution in [3.05, 3.63) is 28.8 Å². The van der Waals surface area contributed by atoms with Gasteiger partial charge >= 0.3 is 5.97 Å². The van der Waals surface area contributed by atoms with Crippen LogP contribution in [0.5, 0.6) is 0 Å². The molecule has 0 aromatic heterocycles. The van der Waals surface area contributed by atoms with Gasteiger partial charge in [-0.3, -0.25) is 4.79 Å². The number of rotatable bonds is 3. The Morgan fingerprint density at radius 3 is 2.37 bits per heavy atom. The van der Waals surface area contributed by atoms with Gasteiger partial charge in [0, 0.05) is 5.69 Å². The summed E-state index contributed by atoms with van der Waals surface area (Å²) in [6, 6.07) is 4.51. The number of ether oxygens (including phenoxy) is 1. The molecule has 0 aliphatic rings. The summed E-state index contributed by atoms with van der Waals surface area (Å²) in [5, 5.41) is 2.81. The van der Waals surface area contributed by atoms with E-state index in [0.29, 0.717) is 5.69 Å². The van der Waals surface area contributed by atoms with E-state index in [0.717, 1.165) is 0 Å². The maximum Gasteiger partial charge on any atom is 0.339 e. The number of hydrogen-bond acceptors (Lipinski definition) is 4. The molecular formula is C12H16Cl2N2O3. The first-order valence-corrected chi connectivity index (χ1v) is 5.61. The van der Waals surface area contributed by atoms with Crippen molar-refractivity contribution < 1.29 is 14.3 Å². The number of halogens is 2. The van der Waals surface area contributed by atoms with E-state index in [4.69, 9.17) is 17.3 Å². The number of hydrogen-bond donors (Lipinski definition) is 2. The predicted molar refractivity (Wildman–Crippen MR) is 76.9 cm³/mol. The monoisotopic (exact) mass is 306 g/mol. The van der Waals surface area contributed by atoms with Crippen molar-refractivity contribution in [2.45, 2.75) is 19.4 Å². The fourth-order valence-corrected chi connectivity index (χ4v) is 1.42. The average molecular weight is 307 g/mol. The van der Waals surface area contributed by atoms with Gasteiger partial charge in [-0.05, 0) is 32.0 Å². The van der Waals surface area contributed by atoms with E-state index in [1.54, 1.807) is 19.9 Å². The van der Waals surface area contributed by atoms with Gasteiger partial charge in [-0.2, -0.15) is 0 Å². The van der Waals surface area contributed by atoms with Gasteiger partial charge in [0.2, 0.25) is 5.91 Å². The normalized spacial score (nSPS) is 10.4. The summed E-state index contributed by atoms with van der Waals surface area (Å²) in [6.07, 6.45) is 0. The van der Waals surface area contributed by atoms with Crippen molar-refractivity contribution in [2.75, 3.05) is 12.4 Å². The lowest BCUT2D eigenvalue weighted by atomic mass is 10.1. The van der Waals surface area contributed by atoms with Crippen LogP contribution < -0.4 is 11.1 Å². The maximum atomic E-state index is 11.6. The van der Waals surface area contributed by atoms with Gasteiger partial charge < -0.3 is 15.8 Å². The zero-order valence-electron chi connectivity index (χ0n) is 10.8. The first-order valence-electron chi connectivity index (χ1n) is 5.24. The molecule has 0 saturated heterocycles. The highest BCUT2D eigenvalue weighted by Gasteiger charge is 2.22. The number of nitrogens with one attached hydrogen (secondary N) is 1. The third kappa shape index (κ3) is 4.70. The van der Waals surface area contributed by atoms with Gasteiger partial charge in [0.05, 0.1) is 23.2 Å². The number of esters is 1. The molecule has 19 heavy (non-hydrogen) atoms. The van der Waals surface area contributed by atoms with Crippen LogP contribution in [0.2, 0.25) is 5.02 Å². The maximum absolute atomic E-state index is 11.6. The molecule has 0 unspecified atom stereocenters. The average Bonchev–Trinajstić information content (AvgIpc) is 2.27. The summed E-state index contributed by atoms with van der Waals surface area (Å²) < 4.78 is 4.56. The van der Waals surface area contributed by atoms with Crippen LogP contribution in [0.15, 0.2) is 18.2 Å². The molecular weight excluding hydrogens is 291 g/mol. The molecule has 0 aliphatic carbocycles. The Balaban J connectivity index is 0.00000324. The van der Waals surface area contributed by atoms with Gasteiger partial charge in [-0.1, -0.05) is 11.6 Å². The van der Waals surface area contributed by atoms with E-state index in [9.17, 15) is 9.59 Å². The topological polar surface area (TPSA) is 81.4 Å². The number of amides is 1. The molecule has 1 aromatic rings. The predicted octanol–water partition coefficient (Wildman–Crippen LogP) is 2.22. The van der Waals surface area contributed by atoms with Gasteiger partial charge in [0.25, 0.3) is 0 Å². The molecule has 7 heteroatoms. The van der Waals surface area contributed by atoms with Crippen LogP contribution >= 0.6 is 24.0 Å². The quantitative estimate of drug-likeness (QED) is 0.839. The molecule has 106 valence electrons. The molecule has 0 radical (unpaired) electrons. The van der Waals surface area contributed by atoms with Crippen molar-refractivity contribution in [3.63, 3.8) is 0 Å². The smallest absolute Gasteiger partial charge is 0.339 e. The van der Waals surface area contributed by atoms with Crippen LogP contribution in [0.1, 0.15) is 24.2 Å². The Labute approximate surface area is 122 Å². The van der Waals surface area contributed by atoms with Crippen LogP contribution in [0, 0.1) is 0 Å². The number of benzene rings is 1. The van der Waals surface area contributed by atoms with E-state index >= 15 is 0 Å². The third-order valence-corrected chi connectivity index (χ3v) is 2.53. The molecule has 1 aromatic carbocycles. The van der Waals surface area contributed by atoms with E-state index in [-0.39, 0.29) is 28.9 Å². The molecule has 0 saturated carbocycles. The van der Waals surface area contributed by atoms with Crippen LogP contribution in [0.4, 0.5) is 5.69 Å². The highest BCUT2D eigenvalue weighted by molar-refractivity contribution is 6.34. The molecule has 0 spiro atoms. The number of anilines is 1. The van der Waals surface area contributed by atoms with Gasteiger partial charge in [0.15, 0.2) is 0 Å². The number of methoxy groups -OCH3 is 1. The van der Waals surface area contributed by atoms with E-state index < -0.39 is 11.5 Å². The SMILES string of the molecule is COC(=O)c1ccc(NC(=O)C(C)(C)N)cc1Cl.Cl. The summed E-state index contributed by atoms with van der Waals surface area (Å²) >= 11 is 5.92. The van der Waals surface area contributed by atoms with Gasteiger partial charge in [-0.15, -0.1) is 12.4 Å². The summed E-state index contributed by atoms with van der Waals surface area (Å²) in [6.45, 7) is 3.18. The van der Waals surface area contributed by atoms with Gasteiger partial charge in [0.1, 0.15) is 0 Å². The van der Waals surface area contributed by atoms with Crippen LogP contribution in [-0.4, -0.2) is 24.5 Å². The van der Waals surface area contributed by atoms with E-state index in [2.05, 4.69) is 10.1 Å². The van der Waals surface area contributed by atoms with Crippen molar-refractivity contribution in [1.82, 2.24) is 0 Å². The van der Waals surface area contributed by atoms with Crippen LogP contribution in [0.25, 0.3) is 0 Å². The fourth-order valence-electron chi connectivity index (χ4n) is 1.16. The molecule has 0 atom stereocenters. The molecule has 5 nitrogen and oxygen atoms in total. The molecule has 0 aliphatic heterocycles. The summed E-state index contributed by atoms with van der Waals surface area (Å²) in [5.74, 6) is -0.874. The summed E-state index contributed by atoms with van der Waals surface area (Å²) in [5.41, 5.74) is 5.36. The van der Waals surface area contributed by atoms with E-state index in [1.165, 1.54) is 19.2 Å². The second-order valence-electron chi connectivity index (χ2n) is 4.36. The minimum atomic E-state index is -0.993. The second-order valence-corrected chi connectivity index (χ2v) is 4.77. The summed E-state index contributed by atoms with van der Waals surface area (Å²) in [4.78, 5) is 23.0. The first-order chi connectivity index (χ1) is 8.25. The Morgan fingerprint density at radius 2 is 1.95 bits per heavy atom. The molecule has 3 N–H and O–H groups in total. The molecule has 0 fully saturated rings. The molecule has 1 amide bonds. The molecule has 0 heterocycles. The number of carbonyl (C=O) groups is 2. The Kier molecular flexibility index (Phi) is 6.29. The Bertz CT molecular complexity index is 484. The van der Waals surface area contributed by atoms with Gasteiger partial charge in [-0.25, -0.2) is 4.79 Å². The molecule has 1 rings (SSSR count). The number of nitrogens with two attached hydrogens (primary N) is 1. The minimum Gasteiger partial charge on any atom is -0.465 e. The highest BCUT2D eigenvalue weighted by Crippen LogP contribution is 2.22. The first kappa shape index (κ1) is 17.7. The zero-order chi connectivity index (χ0) is 13.9. The van der Waals surface area contributed by atoms with Crippen molar-refractivity contribution in [1.29, 1.82) is 0 Å². The lowest BCUT2D eigenvalue weighted by Crippen LogP contribution is -2.45.